The Morgan fingerprint density at radius 2 is 2.39 bits per heavy atom. The van der Waals surface area contributed by atoms with Gasteiger partial charge in [-0.3, -0.25) is 4.21 Å². The molecule has 0 N–H and O–H groups in total. The molecule has 0 aliphatic carbocycles. The second kappa shape index (κ2) is 6.01. The minimum Gasteiger partial charge on any atom is -0.347 e. The number of aromatic nitrogens is 1. The van der Waals surface area contributed by atoms with Crippen molar-refractivity contribution in [1.82, 2.24) is 5.16 Å². The number of thiophene rings is 1. The minimum atomic E-state index is -1.76. The van der Waals surface area contributed by atoms with Gasteiger partial charge in [-0.1, -0.05) is 11.2 Å². The smallest absolute Gasteiger partial charge is 0.266 e. The normalized spacial score (nSPS) is 12.3. The van der Waals surface area contributed by atoms with E-state index in [2.05, 4.69) is 5.16 Å². The largest absolute Gasteiger partial charge is 0.347 e. The summed E-state index contributed by atoms with van der Waals surface area (Å²) in [5, 5.41) is 5.91. The van der Waals surface area contributed by atoms with Crippen molar-refractivity contribution < 1.29 is 17.5 Å². The Bertz CT molecular complexity index is 559. The van der Waals surface area contributed by atoms with E-state index in [0.717, 1.165) is 11.0 Å². The van der Waals surface area contributed by atoms with Crippen LogP contribution in [0.2, 0.25) is 0 Å². The molecule has 1 atom stereocenters. The number of rotatable bonds is 5. The van der Waals surface area contributed by atoms with Gasteiger partial charge in [-0.2, -0.15) is 8.78 Å². The predicted molar refractivity (Wildman–Crippen MR) is 66.0 cm³/mol. The van der Waals surface area contributed by atoms with Crippen LogP contribution in [-0.2, 0) is 10.8 Å². The molecule has 7 heteroatoms. The first-order chi connectivity index (χ1) is 8.66. The fourth-order valence-electron chi connectivity index (χ4n) is 1.28. The van der Waals surface area contributed by atoms with E-state index in [0.29, 0.717) is 5.69 Å². The predicted octanol–water partition coefficient (Wildman–Crippen LogP) is 3.68. The Morgan fingerprint density at radius 1 is 1.56 bits per heavy atom. The number of hydrogen-bond acceptors (Lipinski definition) is 4. The molecule has 0 aliphatic heterocycles. The highest BCUT2D eigenvalue weighted by atomic mass is 32.2. The molecule has 1 unspecified atom stereocenters. The van der Waals surface area contributed by atoms with Crippen molar-refractivity contribution in [2.75, 3.05) is 5.75 Å². The summed E-state index contributed by atoms with van der Waals surface area (Å²) in [7, 11) is -1.44. The highest BCUT2D eigenvalue weighted by Crippen LogP contribution is 2.25. The maximum atomic E-state index is 11.8. The van der Waals surface area contributed by atoms with Crippen molar-refractivity contribution in [3.05, 3.63) is 35.7 Å². The van der Waals surface area contributed by atoms with E-state index in [1.165, 1.54) is 11.3 Å². The van der Waals surface area contributed by atoms with Crippen molar-refractivity contribution in [3.63, 3.8) is 0 Å². The molecule has 2 rings (SSSR count). The van der Waals surface area contributed by atoms with E-state index in [4.69, 9.17) is 4.52 Å². The summed E-state index contributed by atoms with van der Waals surface area (Å²) >= 11 is 1.49. The summed E-state index contributed by atoms with van der Waals surface area (Å²) in [6, 6.07) is 5.33. The van der Waals surface area contributed by atoms with Gasteiger partial charge in [0.25, 0.3) is 6.08 Å². The lowest BCUT2D eigenvalue weighted by Crippen LogP contribution is -1.95. The first-order valence-electron chi connectivity index (χ1n) is 5.07. The highest BCUT2D eigenvalue weighted by molar-refractivity contribution is 7.84. The van der Waals surface area contributed by atoms with E-state index in [1.807, 2.05) is 17.5 Å². The van der Waals surface area contributed by atoms with Gasteiger partial charge in [-0.15, -0.1) is 11.3 Å². The zero-order valence-corrected chi connectivity index (χ0v) is 10.8. The van der Waals surface area contributed by atoms with Crippen LogP contribution in [0.4, 0.5) is 8.78 Å². The van der Waals surface area contributed by atoms with E-state index in [9.17, 15) is 13.0 Å². The molecule has 2 aromatic heterocycles. The lowest BCUT2D eigenvalue weighted by atomic mass is 10.3. The molecule has 2 heterocycles. The Morgan fingerprint density at radius 3 is 3.06 bits per heavy atom. The van der Waals surface area contributed by atoms with Crippen LogP contribution in [0.25, 0.3) is 10.6 Å². The van der Waals surface area contributed by atoms with Crippen LogP contribution in [0.15, 0.2) is 45.4 Å². The lowest BCUT2D eigenvalue weighted by Gasteiger charge is -1.92. The van der Waals surface area contributed by atoms with Crippen LogP contribution < -0.4 is 0 Å². The summed E-state index contributed by atoms with van der Waals surface area (Å²) in [5.74, 6) is 0.0937. The van der Waals surface area contributed by atoms with Crippen LogP contribution in [0.1, 0.15) is 6.42 Å². The van der Waals surface area contributed by atoms with Crippen molar-refractivity contribution in [2.45, 2.75) is 11.5 Å². The molecular weight excluding hydrogens is 280 g/mol. The van der Waals surface area contributed by atoms with Crippen LogP contribution >= 0.6 is 11.3 Å². The maximum absolute atomic E-state index is 11.8. The van der Waals surface area contributed by atoms with Crippen LogP contribution in [-0.4, -0.2) is 15.1 Å². The molecule has 0 fully saturated rings. The summed E-state index contributed by atoms with van der Waals surface area (Å²) < 4.78 is 40.3. The van der Waals surface area contributed by atoms with E-state index < -0.39 is 16.9 Å². The van der Waals surface area contributed by atoms with Crippen LogP contribution in [0, 0.1) is 0 Å². The summed E-state index contributed by atoms with van der Waals surface area (Å²) in [6.45, 7) is 0. The van der Waals surface area contributed by atoms with Crippen molar-refractivity contribution in [1.29, 1.82) is 0 Å². The molecule has 0 spiro atoms. The summed E-state index contributed by atoms with van der Waals surface area (Å²) in [6.07, 6.45) is -0.970. The fourth-order valence-corrected chi connectivity index (χ4v) is 2.86. The molecule has 0 aliphatic rings. The average molecular weight is 289 g/mol. The number of hydrogen-bond donors (Lipinski definition) is 0. The second-order valence-corrected chi connectivity index (χ2v) is 5.79. The summed E-state index contributed by atoms with van der Waals surface area (Å²) in [4.78, 5) is 0.914. The molecule has 0 radical (unpaired) electrons. The SMILES string of the molecule is O=S(CCC=C(F)F)c1cc(-c2cccs2)no1. The first-order valence-corrected chi connectivity index (χ1v) is 7.27. The molecule has 2 aromatic rings. The molecule has 18 heavy (non-hydrogen) atoms. The van der Waals surface area contributed by atoms with Gasteiger partial charge in [0.2, 0.25) is 5.09 Å². The molecule has 0 saturated carbocycles. The minimum absolute atomic E-state index is 0.0456. The number of nitrogens with zero attached hydrogens (tertiary/aromatic N) is 1. The van der Waals surface area contributed by atoms with Gasteiger partial charge in [-0.05, 0) is 23.9 Å². The van der Waals surface area contributed by atoms with Gasteiger partial charge in [-0.25, -0.2) is 0 Å². The van der Waals surface area contributed by atoms with Crippen molar-refractivity contribution >= 4 is 22.1 Å². The van der Waals surface area contributed by atoms with Gasteiger partial charge in [0.1, 0.15) is 5.69 Å². The Kier molecular flexibility index (Phi) is 4.38. The van der Waals surface area contributed by atoms with E-state index in [1.54, 1.807) is 6.07 Å². The third-order valence-electron chi connectivity index (χ3n) is 2.09. The molecule has 0 saturated heterocycles. The molecule has 96 valence electrons. The fraction of sp³-hybridized carbons (Fsp3) is 0.182. The first kappa shape index (κ1) is 13.1. The Balaban J connectivity index is 2.02. The summed E-state index contributed by atoms with van der Waals surface area (Å²) in [5.41, 5.74) is 0.612. The number of halogens is 2. The van der Waals surface area contributed by atoms with Gasteiger partial charge in [0, 0.05) is 11.8 Å². The average Bonchev–Trinajstić information content (AvgIpc) is 2.99. The second-order valence-electron chi connectivity index (χ2n) is 3.34. The monoisotopic (exact) mass is 289 g/mol. The molecule has 3 nitrogen and oxygen atoms in total. The van der Waals surface area contributed by atoms with E-state index >= 15 is 0 Å². The maximum Gasteiger partial charge on any atom is 0.266 e. The van der Waals surface area contributed by atoms with Gasteiger partial charge >= 0.3 is 0 Å². The lowest BCUT2D eigenvalue weighted by molar-refractivity contribution is 0.347. The zero-order chi connectivity index (χ0) is 13.0. The van der Waals surface area contributed by atoms with Gasteiger partial charge in [0.15, 0.2) is 0 Å². The quantitative estimate of drug-likeness (QED) is 0.843. The Hall–Kier alpha value is -1.34. The highest BCUT2D eigenvalue weighted by Gasteiger charge is 2.12. The third-order valence-corrected chi connectivity index (χ3v) is 4.23. The van der Waals surface area contributed by atoms with Crippen LogP contribution in [0.3, 0.4) is 0 Å². The third kappa shape index (κ3) is 3.33. The molecular formula is C11H9F2NO2S2. The standard InChI is InChI=1S/C11H9F2NO2S2/c12-10(13)4-2-6-18(15)11-7-8(14-16-11)9-3-1-5-17-9/h1,3-5,7H,2,6H2. The zero-order valence-electron chi connectivity index (χ0n) is 9.14. The topological polar surface area (TPSA) is 43.1 Å². The molecule has 0 bridgehead atoms. The van der Waals surface area contributed by atoms with Gasteiger partial charge < -0.3 is 4.52 Å². The Labute approximate surface area is 109 Å². The van der Waals surface area contributed by atoms with E-state index in [-0.39, 0.29) is 17.3 Å². The molecule has 0 aromatic carbocycles. The van der Waals surface area contributed by atoms with Crippen LogP contribution in [0.5, 0.6) is 0 Å². The number of allylic oxidation sites excluding steroid dienone is 1. The molecule has 0 amide bonds. The van der Waals surface area contributed by atoms with Gasteiger partial charge in [0.05, 0.1) is 15.7 Å². The van der Waals surface area contributed by atoms with Crippen molar-refractivity contribution in [2.24, 2.45) is 0 Å². The van der Waals surface area contributed by atoms with Crippen molar-refractivity contribution in [3.8, 4) is 10.6 Å².